The van der Waals surface area contributed by atoms with Crippen LogP contribution in [0.1, 0.15) is 34.9 Å². The summed E-state index contributed by atoms with van der Waals surface area (Å²) in [4.78, 5) is 36.8. The van der Waals surface area contributed by atoms with Gasteiger partial charge in [-0.15, -0.1) is 0 Å². The molecule has 3 rings (SSSR count). The number of halogens is 1. The first-order valence-electron chi connectivity index (χ1n) is 8.61. The summed E-state index contributed by atoms with van der Waals surface area (Å²) in [7, 11) is 0. The van der Waals surface area contributed by atoms with Crippen LogP contribution in [0.15, 0.2) is 59.1 Å². The van der Waals surface area contributed by atoms with Crippen LogP contribution >= 0.6 is 15.9 Å². The summed E-state index contributed by atoms with van der Waals surface area (Å²) in [5.41, 5.74) is 1.01. The zero-order valence-electron chi connectivity index (χ0n) is 14.5. The highest BCUT2D eigenvalue weighted by molar-refractivity contribution is 9.10. The molecule has 6 nitrogen and oxygen atoms in total. The monoisotopic (exact) mass is 430 g/mol. The highest BCUT2D eigenvalue weighted by Gasteiger charge is 2.30. The van der Waals surface area contributed by atoms with Crippen molar-refractivity contribution in [1.82, 2.24) is 10.6 Å². The fraction of sp³-hybridized carbons (Fsp3) is 0.250. The Balaban J connectivity index is 1.60. The van der Waals surface area contributed by atoms with Crippen molar-refractivity contribution in [3.63, 3.8) is 0 Å². The molecule has 1 atom stereocenters. The predicted molar refractivity (Wildman–Crippen MR) is 103 cm³/mol. The van der Waals surface area contributed by atoms with E-state index in [1.54, 1.807) is 48.5 Å². The van der Waals surface area contributed by atoms with Crippen molar-refractivity contribution in [2.45, 2.75) is 25.0 Å². The van der Waals surface area contributed by atoms with E-state index in [1.165, 1.54) is 0 Å². The zero-order chi connectivity index (χ0) is 19.2. The second-order valence-electron chi connectivity index (χ2n) is 6.26. The van der Waals surface area contributed by atoms with Gasteiger partial charge in [-0.3, -0.25) is 14.4 Å². The van der Waals surface area contributed by atoms with E-state index in [4.69, 9.17) is 4.74 Å². The Labute approximate surface area is 165 Å². The van der Waals surface area contributed by atoms with E-state index >= 15 is 0 Å². The van der Waals surface area contributed by atoms with Crippen LogP contribution in [-0.2, 0) is 14.3 Å². The lowest BCUT2D eigenvalue weighted by Crippen LogP contribution is -2.36. The molecule has 27 heavy (non-hydrogen) atoms. The minimum Gasteiger partial charge on any atom is -0.446 e. The van der Waals surface area contributed by atoms with Crippen molar-refractivity contribution in [1.29, 1.82) is 0 Å². The smallest absolute Gasteiger partial charge is 0.326 e. The van der Waals surface area contributed by atoms with E-state index in [1.807, 2.05) is 6.07 Å². The molecule has 2 amide bonds. The number of carbonyl (C=O) groups is 3. The summed E-state index contributed by atoms with van der Waals surface area (Å²) in [6.07, 6.45) is 0.829. The number of carbonyl (C=O) groups excluding carboxylic acids is 3. The van der Waals surface area contributed by atoms with Crippen molar-refractivity contribution in [2.24, 2.45) is 0 Å². The maximum absolute atomic E-state index is 12.4. The Morgan fingerprint density at radius 1 is 1.07 bits per heavy atom. The number of rotatable bonds is 7. The van der Waals surface area contributed by atoms with Gasteiger partial charge in [0.25, 0.3) is 11.8 Å². The maximum Gasteiger partial charge on any atom is 0.326 e. The molecule has 2 N–H and O–H groups in total. The Bertz CT molecular complexity index is 837. The highest BCUT2D eigenvalue weighted by Crippen LogP contribution is 2.23. The molecule has 2 aromatic rings. The molecular formula is C20H19BrN2O4. The van der Waals surface area contributed by atoms with E-state index in [0.29, 0.717) is 11.1 Å². The Morgan fingerprint density at radius 3 is 2.48 bits per heavy atom. The second-order valence-corrected chi connectivity index (χ2v) is 7.17. The summed E-state index contributed by atoms with van der Waals surface area (Å²) >= 11 is 3.29. The third kappa shape index (κ3) is 5.65. The van der Waals surface area contributed by atoms with Crippen molar-refractivity contribution in [3.8, 4) is 0 Å². The van der Waals surface area contributed by atoms with E-state index < -0.39 is 18.0 Å². The fourth-order valence-corrected chi connectivity index (χ4v) is 2.86. The molecule has 0 saturated heterocycles. The van der Waals surface area contributed by atoms with Crippen LogP contribution in [-0.4, -0.2) is 30.4 Å². The summed E-state index contributed by atoms with van der Waals surface area (Å²) in [6.45, 7) is -0.328. The standard InChI is InChI=1S/C20H19BrN2O4/c21-15-8-4-7-14(11-15)19(25)22-12-17(24)27-18(13-5-2-1-3-6-13)20(26)23-16-9-10-16/h1-8,11,16,18H,9-10,12H2,(H,22,25)(H,23,26). The summed E-state index contributed by atoms with van der Waals surface area (Å²) in [6, 6.07) is 15.8. The van der Waals surface area contributed by atoms with Crippen LogP contribution in [0, 0.1) is 0 Å². The first kappa shape index (κ1) is 19.1. The van der Waals surface area contributed by atoms with Gasteiger partial charge in [0, 0.05) is 21.6 Å². The van der Waals surface area contributed by atoms with Crippen LogP contribution in [0.4, 0.5) is 0 Å². The lowest BCUT2D eigenvalue weighted by Gasteiger charge is -2.18. The average molecular weight is 431 g/mol. The average Bonchev–Trinajstić information content (AvgIpc) is 3.48. The highest BCUT2D eigenvalue weighted by atomic mass is 79.9. The predicted octanol–water partition coefficient (Wildman–Crippen LogP) is 2.74. The third-order valence-corrected chi connectivity index (χ3v) is 4.49. The van der Waals surface area contributed by atoms with Crippen molar-refractivity contribution in [2.75, 3.05) is 6.54 Å². The van der Waals surface area contributed by atoms with Gasteiger partial charge in [-0.2, -0.15) is 0 Å². The summed E-state index contributed by atoms with van der Waals surface area (Å²) in [5.74, 6) is -1.43. The van der Waals surface area contributed by atoms with E-state index in [9.17, 15) is 14.4 Å². The number of esters is 1. The Hall–Kier alpha value is -2.67. The van der Waals surface area contributed by atoms with Gasteiger partial charge in [0.15, 0.2) is 0 Å². The molecule has 7 heteroatoms. The topological polar surface area (TPSA) is 84.5 Å². The molecule has 0 radical (unpaired) electrons. The molecule has 2 aromatic carbocycles. The maximum atomic E-state index is 12.4. The number of benzene rings is 2. The van der Waals surface area contributed by atoms with Crippen LogP contribution in [0.25, 0.3) is 0 Å². The van der Waals surface area contributed by atoms with Gasteiger partial charge >= 0.3 is 5.97 Å². The van der Waals surface area contributed by atoms with Gasteiger partial charge in [0.1, 0.15) is 6.54 Å². The molecule has 0 spiro atoms. The molecule has 140 valence electrons. The van der Waals surface area contributed by atoms with Gasteiger partial charge in [-0.25, -0.2) is 0 Å². The van der Waals surface area contributed by atoms with Crippen LogP contribution in [0.2, 0.25) is 0 Å². The van der Waals surface area contributed by atoms with Gasteiger partial charge in [0.2, 0.25) is 6.10 Å². The molecule has 0 aliphatic heterocycles. The normalized spacial score (nSPS) is 14.1. The molecule has 0 aromatic heterocycles. The van der Waals surface area contributed by atoms with Gasteiger partial charge in [-0.1, -0.05) is 52.3 Å². The Morgan fingerprint density at radius 2 is 1.81 bits per heavy atom. The summed E-state index contributed by atoms with van der Waals surface area (Å²) in [5, 5.41) is 5.35. The third-order valence-electron chi connectivity index (χ3n) is 3.99. The van der Waals surface area contributed by atoms with Crippen molar-refractivity contribution < 1.29 is 19.1 Å². The molecular weight excluding hydrogens is 412 g/mol. The molecule has 1 fully saturated rings. The van der Waals surface area contributed by atoms with Gasteiger partial charge in [-0.05, 0) is 31.0 Å². The minimum absolute atomic E-state index is 0.152. The van der Waals surface area contributed by atoms with Crippen molar-refractivity contribution in [3.05, 3.63) is 70.2 Å². The molecule has 1 saturated carbocycles. The number of hydrogen-bond donors (Lipinski definition) is 2. The molecule has 1 aliphatic rings. The van der Waals surface area contributed by atoms with Crippen LogP contribution in [0.3, 0.4) is 0 Å². The number of amides is 2. The minimum atomic E-state index is -1.04. The van der Waals surface area contributed by atoms with E-state index in [-0.39, 0.29) is 18.5 Å². The zero-order valence-corrected chi connectivity index (χ0v) is 16.1. The molecule has 0 bridgehead atoms. The van der Waals surface area contributed by atoms with Gasteiger partial charge in [0.05, 0.1) is 0 Å². The number of ether oxygens (including phenoxy) is 1. The summed E-state index contributed by atoms with van der Waals surface area (Å²) < 4.78 is 6.12. The first-order valence-corrected chi connectivity index (χ1v) is 9.41. The van der Waals surface area contributed by atoms with Crippen molar-refractivity contribution >= 4 is 33.7 Å². The fourth-order valence-electron chi connectivity index (χ4n) is 2.46. The lowest BCUT2D eigenvalue weighted by molar-refractivity contribution is -0.155. The van der Waals surface area contributed by atoms with E-state index in [2.05, 4.69) is 26.6 Å². The van der Waals surface area contributed by atoms with Gasteiger partial charge < -0.3 is 15.4 Å². The molecule has 1 unspecified atom stereocenters. The lowest BCUT2D eigenvalue weighted by atomic mass is 10.1. The molecule has 1 aliphatic carbocycles. The Kier molecular flexibility index (Phi) is 6.24. The molecule has 0 heterocycles. The first-order chi connectivity index (χ1) is 13.0. The van der Waals surface area contributed by atoms with Crippen LogP contribution < -0.4 is 10.6 Å². The number of hydrogen-bond acceptors (Lipinski definition) is 4. The second kappa shape index (κ2) is 8.81. The quantitative estimate of drug-likeness (QED) is 0.661. The van der Waals surface area contributed by atoms with Crippen LogP contribution in [0.5, 0.6) is 0 Å². The SMILES string of the molecule is O=C(CNC(=O)c1cccc(Br)c1)OC(C(=O)NC1CC1)c1ccccc1. The largest absolute Gasteiger partial charge is 0.446 e. The van der Waals surface area contributed by atoms with E-state index in [0.717, 1.165) is 17.3 Å². The number of nitrogens with one attached hydrogen (secondary N) is 2.